The van der Waals surface area contributed by atoms with Crippen LogP contribution in [0.1, 0.15) is 25.5 Å². The predicted molar refractivity (Wildman–Crippen MR) is 129 cm³/mol. The number of nitro benzene ring substituents is 1. The summed E-state index contributed by atoms with van der Waals surface area (Å²) in [4.78, 5) is 28.4. The van der Waals surface area contributed by atoms with Gasteiger partial charge in [-0.2, -0.15) is 4.98 Å². The number of fused-ring (bicyclic) bond motifs is 1. The summed E-state index contributed by atoms with van der Waals surface area (Å²) >= 11 is 0. The van der Waals surface area contributed by atoms with Gasteiger partial charge in [0.2, 0.25) is 11.7 Å². The highest BCUT2D eigenvalue weighted by Crippen LogP contribution is 2.44. The number of nitro groups is 1. The van der Waals surface area contributed by atoms with Crippen LogP contribution in [-0.4, -0.2) is 53.6 Å². The van der Waals surface area contributed by atoms with Gasteiger partial charge in [0, 0.05) is 23.4 Å². The minimum atomic E-state index is -0.769. The molecule has 12 heteroatoms. The van der Waals surface area contributed by atoms with Gasteiger partial charge in [0.1, 0.15) is 6.04 Å². The highest BCUT2D eigenvalue weighted by Gasteiger charge is 2.36. The molecule has 1 atom stereocenters. The first-order chi connectivity index (χ1) is 17.3. The number of rotatable bonds is 8. The summed E-state index contributed by atoms with van der Waals surface area (Å²) < 4.78 is 23.4. The molecule has 0 bridgehead atoms. The van der Waals surface area contributed by atoms with Crippen molar-refractivity contribution < 1.29 is 28.7 Å². The number of aromatic nitrogens is 3. The van der Waals surface area contributed by atoms with Crippen LogP contribution in [0, 0.1) is 10.1 Å². The lowest BCUT2D eigenvalue weighted by Gasteiger charge is -2.28. The summed E-state index contributed by atoms with van der Waals surface area (Å²) in [7, 11) is 4.50. The number of nitrogens with zero attached hydrogens (tertiary/aromatic N) is 4. The van der Waals surface area contributed by atoms with Crippen LogP contribution in [0.4, 0.5) is 11.6 Å². The summed E-state index contributed by atoms with van der Waals surface area (Å²) in [6, 6.07) is 8.70. The first-order valence-corrected chi connectivity index (χ1v) is 11.0. The molecule has 0 radical (unpaired) electrons. The van der Waals surface area contributed by atoms with Crippen molar-refractivity contribution >= 4 is 17.6 Å². The number of carbonyl (C=O) groups excluding carboxylic acids is 1. The van der Waals surface area contributed by atoms with Crippen molar-refractivity contribution in [2.24, 2.45) is 0 Å². The lowest BCUT2D eigenvalue weighted by molar-refractivity contribution is -0.384. The van der Waals surface area contributed by atoms with Gasteiger partial charge in [0.25, 0.3) is 5.69 Å². The fraction of sp³-hybridized carbons (Fsp3) is 0.292. The second-order valence-electron chi connectivity index (χ2n) is 7.76. The zero-order chi connectivity index (χ0) is 26.0. The lowest BCUT2D eigenvalue weighted by atomic mass is 9.95. The second-order valence-corrected chi connectivity index (χ2v) is 7.76. The van der Waals surface area contributed by atoms with E-state index in [9.17, 15) is 14.9 Å². The average Bonchev–Trinajstić information content (AvgIpc) is 3.30. The standard InChI is InChI=1S/C24H25N5O7/c1-6-36-23(30)19-13(2)25-24-26-22(14-8-7-9-16(10-14)29(31)32)27-28(24)20(19)15-11-17(33-3)21(35-5)18(12-15)34-4/h7-12,20H,6H2,1-5H3,(H,25,26,27). The van der Waals surface area contributed by atoms with Crippen LogP contribution in [0.15, 0.2) is 47.7 Å². The third-order valence-electron chi connectivity index (χ3n) is 5.67. The van der Waals surface area contributed by atoms with Crippen LogP contribution >= 0.6 is 0 Å². The smallest absolute Gasteiger partial charge is 0.338 e. The average molecular weight is 495 g/mol. The van der Waals surface area contributed by atoms with Crippen molar-refractivity contribution in [3.8, 4) is 28.6 Å². The van der Waals surface area contributed by atoms with Gasteiger partial charge in [-0.05, 0) is 31.5 Å². The zero-order valence-electron chi connectivity index (χ0n) is 20.4. The Morgan fingerprint density at radius 2 is 1.83 bits per heavy atom. The van der Waals surface area contributed by atoms with E-state index in [1.165, 1.54) is 38.1 Å². The molecule has 1 aromatic heterocycles. The topological polar surface area (TPSA) is 140 Å². The molecule has 0 fully saturated rings. The van der Waals surface area contributed by atoms with Crippen LogP contribution in [0.3, 0.4) is 0 Å². The molecule has 36 heavy (non-hydrogen) atoms. The Balaban J connectivity index is 1.93. The largest absolute Gasteiger partial charge is 0.493 e. The number of esters is 1. The fourth-order valence-corrected chi connectivity index (χ4v) is 4.07. The van der Waals surface area contributed by atoms with Crippen molar-refractivity contribution in [1.29, 1.82) is 0 Å². The van der Waals surface area contributed by atoms with E-state index in [0.29, 0.717) is 45.6 Å². The minimum Gasteiger partial charge on any atom is -0.493 e. The molecule has 2 aromatic carbocycles. The number of carbonyl (C=O) groups is 1. The molecule has 188 valence electrons. The predicted octanol–water partition coefficient (Wildman–Crippen LogP) is 3.73. The van der Waals surface area contributed by atoms with Crippen molar-refractivity contribution in [2.75, 3.05) is 33.3 Å². The Bertz CT molecular complexity index is 1340. The Morgan fingerprint density at radius 1 is 1.14 bits per heavy atom. The maximum atomic E-state index is 13.1. The summed E-state index contributed by atoms with van der Waals surface area (Å²) in [5.41, 5.74) is 1.81. The quantitative estimate of drug-likeness (QED) is 0.279. The number of anilines is 1. The molecule has 0 amide bonds. The van der Waals surface area contributed by atoms with Gasteiger partial charge in [-0.15, -0.1) is 5.10 Å². The molecule has 1 aliphatic rings. The molecule has 2 heterocycles. The second kappa shape index (κ2) is 9.94. The molecule has 0 aliphatic carbocycles. The highest BCUT2D eigenvalue weighted by molar-refractivity contribution is 5.92. The number of hydrogen-bond acceptors (Lipinski definition) is 10. The van der Waals surface area contributed by atoms with E-state index in [1.54, 1.807) is 38.1 Å². The Labute approximate surface area is 206 Å². The van der Waals surface area contributed by atoms with Gasteiger partial charge in [0.15, 0.2) is 17.3 Å². The Hall–Kier alpha value is -4.61. The van der Waals surface area contributed by atoms with Crippen molar-refractivity contribution in [2.45, 2.75) is 19.9 Å². The zero-order valence-corrected chi connectivity index (χ0v) is 20.4. The number of methoxy groups -OCH3 is 3. The third-order valence-corrected chi connectivity index (χ3v) is 5.67. The molecule has 3 aromatic rings. The first-order valence-electron chi connectivity index (χ1n) is 11.0. The monoisotopic (exact) mass is 495 g/mol. The van der Waals surface area contributed by atoms with Gasteiger partial charge in [0.05, 0.1) is 38.4 Å². The van der Waals surface area contributed by atoms with Crippen LogP contribution in [-0.2, 0) is 9.53 Å². The van der Waals surface area contributed by atoms with E-state index in [2.05, 4.69) is 15.4 Å². The van der Waals surface area contributed by atoms with Gasteiger partial charge in [-0.3, -0.25) is 10.1 Å². The van der Waals surface area contributed by atoms with Crippen LogP contribution in [0.25, 0.3) is 11.4 Å². The molecule has 0 spiro atoms. The highest BCUT2D eigenvalue weighted by atomic mass is 16.6. The van der Waals surface area contributed by atoms with E-state index < -0.39 is 16.9 Å². The van der Waals surface area contributed by atoms with E-state index in [4.69, 9.17) is 18.9 Å². The molecule has 1 aliphatic heterocycles. The molecular formula is C24H25N5O7. The van der Waals surface area contributed by atoms with Crippen LogP contribution in [0.5, 0.6) is 17.2 Å². The minimum absolute atomic E-state index is 0.0871. The number of ether oxygens (including phenoxy) is 4. The molecule has 4 rings (SSSR count). The molecule has 1 unspecified atom stereocenters. The number of hydrogen-bond donors (Lipinski definition) is 1. The number of allylic oxidation sites excluding steroid dienone is 1. The van der Waals surface area contributed by atoms with E-state index in [1.807, 2.05) is 0 Å². The third kappa shape index (κ3) is 4.28. The van der Waals surface area contributed by atoms with E-state index in [0.717, 1.165) is 0 Å². The Kier molecular flexibility index (Phi) is 6.77. The number of benzene rings is 2. The first kappa shape index (κ1) is 24.5. The molecule has 0 saturated carbocycles. The SMILES string of the molecule is CCOC(=O)C1=C(C)Nc2nc(-c3cccc([N+](=O)[O-])c3)nn2C1c1cc(OC)c(OC)c(OC)c1. The fourth-order valence-electron chi connectivity index (χ4n) is 4.07. The van der Waals surface area contributed by atoms with Crippen molar-refractivity contribution in [3.05, 3.63) is 63.3 Å². The van der Waals surface area contributed by atoms with Gasteiger partial charge >= 0.3 is 5.97 Å². The van der Waals surface area contributed by atoms with Gasteiger partial charge < -0.3 is 24.3 Å². The number of non-ortho nitro benzene ring substituents is 1. The lowest BCUT2D eigenvalue weighted by Crippen LogP contribution is -2.29. The summed E-state index contributed by atoms with van der Waals surface area (Å²) in [5, 5.41) is 19.0. The van der Waals surface area contributed by atoms with E-state index >= 15 is 0 Å². The molecule has 1 N–H and O–H groups in total. The summed E-state index contributed by atoms with van der Waals surface area (Å²) in [5.74, 6) is 1.25. The van der Waals surface area contributed by atoms with Crippen molar-refractivity contribution in [3.63, 3.8) is 0 Å². The number of nitrogens with one attached hydrogen (secondary N) is 1. The Morgan fingerprint density at radius 3 is 2.42 bits per heavy atom. The molecule has 12 nitrogen and oxygen atoms in total. The van der Waals surface area contributed by atoms with Crippen molar-refractivity contribution in [1.82, 2.24) is 14.8 Å². The van der Waals surface area contributed by atoms with Gasteiger partial charge in [-0.25, -0.2) is 9.48 Å². The maximum absolute atomic E-state index is 13.1. The van der Waals surface area contributed by atoms with Crippen LogP contribution < -0.4 is 19.5 Å². The maximum Gasteiger partial charge on any atom is 0.338 e. The summed E-state index contributed by atoms with van der Waals surface area (Å²) in [6.07, 6.45) is 0. The normalized spacial score (nSPS) is 14.5. The van der Waals surface area contributed by atoms with Gasteiger partial charge in [-0.1, -0.05) is 12.1 Å². The van der Waals surface area contributed by atoms with E-state index in [-0.39, 0.29) is 18.1 Å². The van der Waals surface area contributed by atoms with Crippen LogP contribution in [0.2, 0.25) is 0 Å². The summed E-state index contributed by atoms with van der Waals surface area (Å²) in [6.45, 7) is 3.64. The molecular weight excluding hydrogens is 470 g/mol. The molecule has 0 saturated heterocycles.